The van der Waals surface area contributed by atoms with Crippen molar-refractivity contribution in [2.75, 3.05) is 26.4 Å². The van der Waals surface area contributed by atoms with Gasteiger partial charge in [0, 0.05) is 12.8 Å². The Morgan fingerprint density at radius 1 is 0.431 bits per heavy atom. The smallest absolute Gasteiger partial charge is 0.306 e. The molecule has 2 aliphatic heterocycles. The number of hydrogen-bond acceptors (Lipinski definition) is 15. The van der Waals surface area contributed by atoms with Gasteiger partial charge in [-0.25, -0.2) is 0 Å². The standard InChI is InChI=1S/C57H104O15/c1-3-5-7-9-11-13-15-17-18-19-20-21-22-23-24-25-26-28-29-31-33-35-37-39-48(59)67-42-45(70-49(60)40-38-36-34-32-30-27-16-14-12-10-8-6-4-2)43-68-56-55(66)53(64)51(62)47(72-56)44-69-57-54(65)52(63)50(61)46(41-58)71-57/h14,16,31,33,45-47,50-58,61-66H,3-13,15,17-30,32,34-44H2,1-2H3/b16-14+,33-31+/t45-,46+,47+,50-,51-,52?,53?,54?,55?,56+,57+/m0/s1. The van der Waals surface area contributed by atoms with Gasteiger partial charge in [-0.3, -0.25) is 9.59 Å². The number of aliphatic hydroxyl groups is 7. The van der Waals surface area contributed by atoms with Gasteiger partial charge in [-0.1, -0.05) is 186 Å². The van der Waals surface area contributed by atoms with E-state index in [1.807, 2.05) is 0 Å². The number of unbranched alkanes of at least 4 members (excludes halogenated alkanes) is 28. The van der Waals surface area contributed by atoms with E-state index in [4.69, 9.17) is 28.4 Å². The molecule has 2 heterocycles. The Bertz CT molecular complexity index is 1350. The Labute approximate surface area is 434 Å². The van der Waals surface area contributed by atoms with Gasteiger partial charge in [0.2, 0.25) is 0 Å². The fourth-order valence-electron chi connectivity index (χ4n) is 9.16. The molecule has 0 spiro atoms. The van der Waals surface area contributed by atoms with Crippen molar-refractivity contribution in [1.29, 1.82) is 0 Å². The van der Waals surface area contributed by atoms with Crippen LogP contribution in [0.2, 0.25) is 0 Å². The monoisotopic (exact) mass is 1030 g/mol. The van der Waals surface area contributed by atoms with Gasteiger partial charge in [0.05, 0.1) is 19.8 Å². The van der Waals surface area contributed by atoms with Crippen molar-refractivity contribution in [3.8, 4) is 0 Å². The number of allylic oxidation sites excluding steroid dienone is 4. The highest BCUT2D eigenvalue weighted by molar-refractivity contribution is 5.70. The third-order valence-corrected chi connectivity index (χ3v) is 13.9. The third-order valence-electron chi connectivity index (χ3n) is 13.9. The molecule has 0 saturated carbocycles. The molecule has 0 bridgehead atoms. The summed E-state index contributed by atoms with van der Waals surface area (Å²) in [5.41, 5.74) is 0. The summed E-state index contributed by atoms with van der Waals surface area (Å²) in [5.74, 6) is -0.964. The molecule has 0 aromatic carbocycles. The zero-order chi connectivity index (χ0) is 52.4. The SMILES string of the molecule is CCCCCC/C=C/CCCCCCCC(=O)O[C@@H](COC(=O)CCC/C=C/CCCCCCCCCCCCCCCCCCCC)CO[C@@H]1O[C@H](CO[C@@H]2O[C@H](CO)[C@H](O)C(O)C2O)[C@H](O)C(O)C1O. The van der Waals surface area contributed by atoms with E-state index in [1.165, 1.54) is 135 Å². The van der Waals surface area contributed by atoms with Crippen molar-refractivity contribution in [2.45, 2.75) is 300 Å². The predicted molar refractivity (Wildman–Crippen MR) is 280 cm³/mol. The maximum atomic E-state index is 13.0. The first-order valence-electron chi connectivity index (χ1n) is 28.9. The number of aliphatic hydroxyl groups excluding tert-OH is 7. The molecular formula is C57H104O15. The number of carbonyl (C=O) groups excluding carboxylic acids is 2. The van der Waals surface area contributed by atoms with Gasteiger partial charge in [0.1, 0.15) is 55.4 Å². The van der Waals surface area contributed by atoms with Crippen LogP contribution in [0, 0.1) is 0 Å². The van der Waals surface area contributed by atoms with Gasteiger partial charge in [0.15, 0.2) is 18.7 Å². The minimum absolute atomic E-state index is 0.152. The molecule has 2 saturated heterocycles. The molecular weight excluding hydrogens is 925 g/mol. The minimum atomic E-state index is -1.77. The van der Waals surface area contributed by atoms with Crippen LogP contribution in [0.25, 0.3) is 0 Å². The van der Waals surface area contributed by atoms with Crippen LogP contribution < -0.4 is 0 Å². The number of rotatable bonds is 46. The van der Waals surface area contributed by atoms with Crippen molar-refractivity contribution >= 4 is 11.9 Å². The van der Waals surface area contributed by atoms with Crippen LogP contribution in [-0.2, 0) is 38.0 Å². The fourth-order valence-corrected chi connectivity index (χ4v) is 9.16. The third kappa shape index (κ3) is 31.1. The van der Waals surface area contributed by atoms with Gasteiger partial charge in [0.25, 0.3) is 0 Å². The van der Waals surface area contributed by atoms with E-state index in [9.17, 15) is 45.3 Å². The lowest BCUT2D eigenvalue weighted by molar-refractivity contribution is -0.332. The van der Waals surface area contributed by atoms with E-state index in [2.05, 4.69) is 38.2 Å². The Kier molecular flexibility index (Phi) is 40.5. The summed E-state index contributed by atoms with van der Waals surface area (Å²) in [4.78, 5) is 25.8. The molecule has 15 nitrogen and oxygen atoms in total. The maximum absolute atomic E-state index is 13.0. The van der Waals surface area contributed by atoms with Gasteiger partial charge >= 0.3 is 11.9 Å². The fraction of sp³-hybridized carbons (Fsp3) is 0.895. The predicted octanol–water partition coefficient (Wildman–Crippen LogP) is 9.50. The molecule has 72 heavy (non-hydrogen) atoms. The average molecular weight is 1030 g/mol. The van der Waals surface area contributed by atoms with Gasteiger partial charge in [-0.05, 0) is 57.8 Å². The quantitative estimate of drug-likeness (QED) is 0.0171. The molecule has 0 aliphatic carbocycles. The van der Waals surface area contributed by atoms with Crippen LogP contribution in [-0.4, -0.2) is 142 Å². The lowest BCUT2D eigenvalue weighted by Gasteiger charge is -2.42. The molecule has 2 fully saturated rings. The zero-order valence-electron chi connectivity index (χ0n) is 44.9. The number of carbonyl (C=O) groups is 2. The maximum Gasteiger partial charge on any atom is 0.306 e. The second kappa shape index (κ2) is 44.1. The van der Waals surface area contributed by atoms with Crippen molar-refractivity contribution in [3.63, 3.8) is 0 Å². The Hall–Kier alpha value is -2.02. The summed E-state index contributed by atoms with van der Waals surface area (Å²) >= 11 is 0. The van der Waals surface area contributed by atoms with Crippen LogP contribution in [0.1, 0.15) is 232 Å². The molecule has 2 rings (SSSR count). The number of esters is 2. The second-order valence-electron chi connectivity index (χ2n) is 20.5. The number of hydrogen-bond donors (Lipinski definition) is 7. The van der Waals surface area contributed by atoms with Crippen LogP contribution >= 0.6 is 0 Å². The summed E-state index contributed by atoms with van der Waals surface area (Å²) in [6.07, 6.45) is 30.8. The highest BCUT2D eigenvalue weighted by atomic mass is 16.7. The zero-order valence-corrected chi connectivity index (χ0v) is 44.9. The largest absolute Gasteiger partial charge is 0.462 e. The highest BCUT2D eigenvalue weighted by Gasteiger charge is 2.47. The summed E-state index contributed by atoms with van der Waals surface area (Å²) in [5, 5.41) is 72.2. The van der Waals surface area contributed by atoms with Crippen molar-refractivity contribution in [2.24, 2.45) is 0 Å². The molecule has 7 N–H and O–H groups in total. The van der Waals surface area contributed by atoms with Crippen molar-refractivity contribution in [3.05, 3.63) is 24.3 Å². The van der Waals surface area contributed by atoms with E-state index in [1.54, 1.807) is 0 Å². The Balaban J connectivity index is 1.73. The topological polar surface area (TPSA) is 231 Å². The van der Waals surface area contributed by atoms with E-state index in [0.717, 1.165) is 57.8 Å². The molecule has 11 atom stereocenters. The molecule has 15 heteroatoms. The Morgan fingerprint density at radius 2 is 0.806 bits per heavy atom. The van der Waals surface area contributed by atoms with Crippen LogP contribution in [0.15, 0.2) is 24.3 Å². The van der Waals surface area contributed by atoms with E-state index >= 15 is 0 Å². The molecule has 2 aliphatic rings. The first kappa shape index (κ1) is 66.1. The lowest BCUT2D eigenvalue weighted by Crippen LogP contribution is -2.61. The number of ether oxygens (including phenoxy) is 6. The van der Waals surface area contributed by atoms with Gasteiger partial charge in [-0.2, -0.15) is 0 Å². The van der Waals surface area contributed by atoms with Crippen molar-refractivity contribution in [1.82, 2.24) is 0 Å². The summed E-state index contributed by atoms with van der Waals surface area (Å²) in [7, 11) is 0. The average Bonchev–Trinajstić information content (AvgIpc) is 3.37. The molecule has 0 aromatic heterocycles. The van der Waals surface area contributed by atoms with Crippen LogP contribution in [0.3, 0.4) is 0 Å². The lowest BCUT2D eigenvalue weighted by atomic mass is 9.98. The normalized spacial score (nSPS) is 25.1. The van der Waals surface area contributed by atoms with Crippen molar-refractivity contribution < 1.29 is 73.8 Å². The first-order valence-corrected chi connectivity index (χ1v) is 28.9. The van der Waals surface area contributed by atoms with Gasteiger partial charge < -0.3 is 64.2 Å². The summed E-state index contributed by atoms with van der Waals surface area (Å²) in [6, 6.07) is 0. The molecule has 0 aromatic rings. The van der Waals surface area contributed by atoms with E-state index in [0.29, 0.717) is 12.8 Å². The van der Waals surface area contributed by atoms with E-state index in [-0.39, 0.29) is 19.4 Å². The summed E-state index contributed by atoms with van der Waals surface area (Å²) < 4.78 is 33.6. The van der Waals surface area contributed by atoms with Crippen LogP contribution in [0.4, 0.5) is 0 Å². The minimum Gasteiger partial charge on any atom is -0.462 e. The molecule has 4 unspecified atom stereocenters. The van der Waals surface area contributed by atoms with Crippen LogP contribution in [0.5, 0.6) is 0 Å². The molecule has 0 radical (unpaired) electrons. The van der Waals surface area contributed by atoms with E-state index < -0.39 is 99.3 Å². The first-order chi connectivity index (χ1) is 35.0. The molecule has 0 amide bonds. The van der Waals surface area contributed by atoms with Gasteiger partial charge in [-0.15, -0.1) is 0 Å². The highest BCUT2D eigenvalue weighted by Crippen LogP contribution is 2.27. The Morgan fingerprint density at radius 3 is 1.28 bits per heavy atom. The molecule has 422 valence electrons. The second-order valence-corrected chi connectivity index (χ2v) is 20.5. The summed E-state index contributed by atoms with van der Waals surface area (Å²) in [6.45, 7) is 2.57.